The molecule has 0 amide bonds. The summed E-state index contributed by atoms with van der Waals surface area (Å²) < 4.78 is 9.40. The van der Waals surface area contributed by atoms with Crippen LogP contribution in [0.5, 0.6) is 0 Å². The van der Waals surface area contributed by atoms with Gasteiger partial charge in [-0.15, -0.1) is 0 Å². The third-order valence-electron chi connectivity index (χ3n) is 6.74. The van der Waals surface area contributed by atoms with Crippen LogP contribution in [0.2, 0.25) is 0 Å². The first kappa shape index (κ1) is 18.7. The number of ether oxygens (including phenoxy) is 1. The summed E-state index contributed by atoms with van der Waals surface area (Å²) in [5.74, 6) is 0.763. The minimum absolute atomic E-state index is 0.163. The van der Waals surface area contributed by atoms with Crippen LogP contribution in [0, 0.1) is 5.41 Å². The van der Waals surface area contributed by atoms with Crippen LogP contribution in [0.4, 0.5) is 5.82 Å². The highest BCUT2D eigenvalue weighted by Gasteiger charge is 2.41. The van der Waals surface area contributed by atoms with Crippen molar-refractivity contribution in [3.8, 4) is 5.69 Å². The van der Waals surface area contributed by atoms with Crippen LogP contribution in [-0.4, -0.2) is 60.3 Å². The van der Waals surface area contributed by atoms with Gasteiger partial charge < -0.3 is 14.7 Å². The monoisotopic (exact) mass is 419 g/mol. The van der Waals surface area contributed by atoms with Crippen LogP contribution in [0.15, 0.2) is 36.8 Å². The van der Waals surface area contributed by atoms with E-state index in [9.17, 15) is 5.11 Å². The molecule has 0 saturated carbocycles. The normalized spacial score (nSPS) is 21.0. The number of hydrogen-bond acceptors (Lipinski definition) is 7. The molecule has 1 atom stereocenters. The highest BCUT2D eigenvalue weighted by Crippen LogP contribution is 2.42. The van der Waals surface area contributed by atoms with Gasteiger partial charge in [0.05, 0.1) is 42.9 Å². The molecule has 0 radical (unpaired) electrons. The molecule has 4 aromatic rings. The lowest BCUT2D eigenvalue weighted by molar-refractivity contribution is 0.0975. The number of anilines is 1. The molecule has 6 rings (SSSR count). The van der Waals surface area contributed by atoms with Gasteiger partial charge in [0.25, 0.3) is 0 Å². The molecule has 1 spiro atoms. The van der Waals surface area contributed by atoms with Gasteiger partial charge in [-0.05, 0) is 49.8 Å². The van der Waals surface area contributed by atoms with Crippen LogP contribution in [0.3, 0.4) is 0 Å². The number of aliphatic hydroxyl groups excluding tert-OH is 1. The van der Waals surface area contributed by atoms with E-state index in [1.807, 2.05) is 24.4 Å². The fourth-order valence-electron chi connectivity index (χ4n) is 5.04. The second kappa shape index (κ2) is 7.00. The number of rotatable bonds is 3. The summed E-state index contributed by atoms with van der Waals surface area (Å²) in [7, 11) is 0. The SMILES string of the molecule is C[C@H]1CC2(CCN(c3nc4cnn(-c5ccc6ccnn6c5)c4nc3CO)CC2)CO1. The lowest BCUT2D eigenvalue weighted by atomic mass is 9.77. The Morgan fingerprint density at radius 1 is 1.16 bits per heavy atom. The van der Waals surface area contributed by atoms with Crippen molar-refractivity contribution in [2.75, 3.05) is 24.6 Å². The maximum atomic E-state index is 10.1. The first-order valence-electron chi connectivity index (χ1n) is 10.8. The second-order valence-corrected chi connectivity index (χ2v) is 8.82. The first-order chi connectivity index (χ1) is 15.1. The minimum Gasteiger partial charge on any atom is -0.390 e. The molecular formula is C22H25N7O2. The molecule has 2 fully saturated rings. The molecule has 9 heteroatoms. The Kier molecular flexibility index (Phi) is 4.22. The summed E-state index contributed by atoms with van der Waals surface area (Å²) in [5, 5.41) is 18.9. The molecular weight excluding hydrogens is 394 g/mol. The zero-order chi connectivity index (χ0) is 21.0. The van der Waals surface area contributed by atoms with Gasteiger partial charge in [0, 0.05) is 19.3 Å². The van der Waals surface area contributed by atoms with Gasteiger partial charge in [0.2, 0.25) is 0 Å². The molecule has 1 N–H and O–H groups in total. The van der Waals surface area contributed by atoms with E-state index < -0.39 is 0 Å². The zero-order valence-electron chi connectivity index (χ0n) is 17.5. The van der Waals surface area contributed by atoms with Gasteiger partial charge in [-0.1, -0.05) is 0 Å². The molecule has 31 heavy (non-hydrogen) atoms. The van der Waals surface area contributed by atoms with E-state index >= 15 is 0 Å². The van der Waals surface area contributed by atoms with Gasteiger partial charge in [0.15, 0.2) is 11.5 Å². The number of aromatic nitrogens is 6. The number of piperidine rings is 1. The standard InChI is InChI=1S/C22H25N7O2/c1-15-10-22(14-31-15)5-8-27(9-6-22)20-19(13-30)26-21-18(25-20)11-24-29(21)17-3-2-16-4-7-23-28(16)12-17/h2-4,7,11-12,15,30H,5-6,8-10,13-14H2,1H3/t15-/m0/s1. The molecule has 6 heterocycles. The van der Waals surface area contributed by atoms with E-state index in [1.165, 1.54) is 0 Å². The molecule has 2 aliphatic rings. The Bertz CT molecular complexity index is 1260. The van der Waals surface area contributed by atoms with Crippen molar-refractivity contribution in [1.82, 2.24) is 29.4 Å². The zero-order valence-corrected chi connectivity index (χ0v) is 17.5. The van der Waals surface area contributed by atoms with E-state index in [0.717, 1.165) is 56.0 Å². The fraction of sp³-hybridized carbons (Fsp3) is 0.455. The summed E-state index contributed by atoms with van der Waals surface area (Å²) in [4.78, 5) is 11.9. The average Bonchev–Trinajstić information content (AvgIpc) is 3.51. The van der Waals surface area contributed by atoms with Crippen molar-refractivity contribution in [2.24, 2.45) is 5.41 Å². The predicted octanol–water partition coefficient (Wildman–Crippen LogP) is 2.35. The molecule has 4 aromatic heterocycles. The fourth-order valence-corrected chi connectivity index (χ4v) is 5.04. The van der Waals surface area contributed by atoms with Crippen LogP contribution in [0.25, 0.3) is 22.4 Å². The molecule has 0 unspecified atom stereocenters. The Morgan fingerprint density at radius 2 is 2.03 bits per heavy atom. The third kappa shape index (κ3) is 3.07. The van der Waals surface area contributed by atoms with Gasteiger partial charge in [-0.3, -0.25) is 0 Å². The van der Waals surface area contributed by atoms with Crippen molar-refractivity contribution >= 4 is 22.5 Å². The average molecular weight is 419 g/mol. The summed E-state index contributed by atoms with van der Waals surface area (Å²) in [6.07, 6.45) is 9.03. The molecule has 0 aliphatic carbocycles. The quantitative estimate of drug-likeness (QED) is 0.545. The Morgan fingerprint density at radius 3 is 2.81 bits per heavy atom. The van der Waals surface area contributed by atoms with E-state index in [-0.39, 0.29) is 6.61 Å². The molecule has 160 valence electrons. The number of hydrogen-bond donors (Lipinski definition) is 1. The summed E-state index contributed by atoms with van der Waals surface area (Å²) >= 11 is 0. The number of nitrogens with zero attached hydrogens (tertiary/aromatic N) is 7. The van der Waals surface area contributed by atoms with Gasteiger partial charge >= 0.3 is 0 Å². The van der Waals surface area contributed by atoms with E-state index in [0.29, 0.717) is 28.4 Å². The number of aliphatic hydroxyl groups is 1. The molecule has 2 aliphatic heterocycles. The van der Waals surface area contributed by atoms with Gasteiger partial charge in [-0.2, -0.15) is 10.2 Å². The van der Waals surface area contributed by atoms with E-state index in [2.05, 4.69) is 22.0 Å². The summed E-state index contributed by atoms with van der Waals surface area (Å²) in [6.45, 7) is 4.64. The van der Waals surface area contributed by atoms with Gasteiger partial charge in [0.1, 0.15) is 11.2 Å². The van der Waals surface area contributed by atoms with Crippen LogP contribution in [0.1, 0.15) is 31.9 Å². The summed E-state index contributed by atoms with van der Waals surface area (Å²) in [6, 6.07) is 5.91. The van der Waals surface area contributed by atoms with E-state index in [4.69, 9.17) is 14.7 Å². The van der Waals surface area contributed by atoms with Crippen LogP contribution < -0.4 is 4.90 Å². The first-order valence-corrected chi connectivity index (χ1v) is 10.8. The van der Waals surface area contributed by atoms with Gasteiger partial charge in [-0.25, -0.2) is 19.2 Å². The van der Waals surface area contributed by atoms with Crippen molar-refractivity contribution in [1.29, 1.82) is 0 Å². The summed E-state index contributed by atoms with van der Waals surface area (Å²) in [5.41, 5.74) is 4.07. The molecule has 9 nitrogen and oxygen atoms in total. The smallest absolute Gasteiger partial charge is 0.182 e. The second-order valence-electron chi connectivity index (χ2n) is 8.82. The maximum Gasteiger partial charge on any atom is 0.182 e. The predicted molar refractivity (Wildman–Crippen MR) is 115 cm³/mol. The molecule has 2 saturated heterocycles. The Hall–Kier alpha value is -3.04. The van der Waals surface area contributed by atoms with E-state index in [1.54, 1.807) is 21.6 Å². The lowest BCUT2D eigenvalue weighted by Gasteiger charge is -2.39. The Labute approximate surface area is 179 Å². The van der Waals surface area contributed by atoms with Crippen LogP contribution in [-0.2, 0) is 11.3 Å². The lowest BCUT2D eigenvalue weighted by Crippen LogP contribution is -2.41. The molecule has 0 bridgehead atoms. The highest BCUT2D eigenvalue weighted by atomic mass is 16.5. The van der Waals surface area contributed by atoms with Crippen molar-refractivity contribution in [3.05, 3.63) is 42.5 Å². The minimum atomic E-state index is -0.163. The van der Waals surface area contributed by atoms with Crippen molar-refractivity contribution < 1.29 is 9.84 Å². The molecule has 0 aromatic carbocycles. The van der Waals surface area contributed by atoms with Crippen LogP contribution >= 0.6 is 0 Å². The van der Waals surface area contributed by atoms with Crippen molar-refractivity contribution in [3.63, 3.8) is 0 Å². The number of fused-ring (bicyclic) bond motifs is 2. The highest BCUT2D eigenvalue weighted by molar-refractivity contribution is 5.74. The Balaban J connectivity index is 1.34. The third-order valence-corrected chi connectivity index (χ3v) is 6.74. The topological polar surface area (TPSA) is 93.6 Å². The largest absolute Gasteiger partial charge is 0.390 e. The maximum absolute atomic E-state index is 10.1. The number of pyridine rings is 1. The van der Waals surface area contributed by atoms with Crippen molar-refractivity contribution in [2.45, 2.75) is 38.9 Å².